The summed E-state index contributed by atoms with van der Waals surface area (Å²) in [6, 6.07) is 17.9. The van der Waals surface area contributed by atoms with E-state index in [-0.39, 0.29) is 6.04 Å². The molecule has 110 valence electrons. The number of thioether (sulfide) groups is 1. The average molecular weight is 297 g/mol. The molecule has 2 N–H and O–H groups in total. The normalized spacial score (nSPS) is 18.8. The van der Waals surface area contributed by atoms with Crippen molar-refractivity contribution in [2.45, 2.75) is 43.0 Å². The van der Waals surface area contributed by atoms with Gasteiger partial charge in [-0.2, -0.15) is 0 Å². The molecule has 0 aliphatic carbocycles. The quantitative estimate of drug-likeness (QED) is 0.894. The maximum absolute atomic E-state index is 6.51. The van der Waals surface area contributed by atoms with Crippen LogP contribution in [0.2, 0.25) is 0 Å². The number of benzene rings is 2. The molecule has 2 unspecified atom stereocenters. The molecule has 0 bridgehead atoms. The van der Waals surface area contributed by atoms with E-state index in [1.165, 1.54) is 21.6 Å². The Bertz CT molecular complexity index is 603. The molecule has 3 rings (SSSR count). The van der Waals surface area contributed by atoms with Gasteiger partial charge in [-0.05, 0) is 35.1 Å². The summed E-state index contributed by atoms with van der Waals surface area (Å²) in [6.45, 7) is 4.46. The molecule has 2 aromatic carbocycles. The highest BCUT2D eigenvalue weighted by molar-refractivity contribution is 7.99. The summed E-state index contributed by atoms with van der Waals surface area (Å²) >= 11 is 1.94. The van der Waals surface area contributed by atoms with E-state index in [2.05, 4.69) is 62.4 Å². The fourth-order valence-corrected chi connectivity index (χ4v) is 4.34. The van der Waals surface area contributed by atoms with Gasteiger partial charge < -0.3 is 5.73 Å². The number of hydrogen-bond donors (Lipinski definition) is 1. The number of nitrogens with two attached hydrogens (primary N) is 1. The molecule has 0 saturated heterocycles. The van der Waals surface area contributed by atoms with Gasteiger partial charge >= 0.3 is 0 Å². The molecule has 21 heavy (non-hydrogen) atoms. The third kappa shape index (κ3) is 3.17. The molecule has 2 heteroatoms. The highest BCUT2D eigenvalue weighted by Gasteiger charge is 2.27. The monoisotopic (exact) mass is 297 g/mol. The Morgan fingerprint density at radius 3 is 2.52 bits per heavy atom. The Labute approximate surface area is 132 Å². The SMILES string of the molecule is CC(C)c1ccc(CC(N)C2CSc3ccccc32)cc1. The molecule has 0 saturated carbocycles. The van der Waals surface area contributed by atoms with Gasteiger partial charge in [0, 0.05) is 22.6 Å². The third-order valence-corrected chi connectivity index (χ3v) is 5.58. The highest BCUT2D eigenvalue weighted by atomic mass is 32.2. The van der Waals surface area contributed by atoms with Crippen LogP contribution in [0.1, 0.15) is 42.4 Å². The number of rotatable bonds is 4. The minimum atomic E-state index is 0.200. The van der Waals surface area contributed by atoms with Crippen LogP contribution in [0.3, 0.4) is 0 Å². The average Bonchev–Trinajstić information content (AvgIpc) is 2.92. The third-order valence-electron chi connectivity index (χ3n) is 4.37. The van der Waals surface area contributed by atoms with E-state index in [0.29, 0.717) is 11.8 Å². The van der Waals surface area contributed by atoms with Gasteiger partial charge in [0.1, 0.15) is 0 Å². The van der Waals surface area contributed by atoms with Crippen LogP contribution in [0.15, 0.2) is 53.4 Å². The topological polar surface area (TPSA) is 26.0 Å². The second-order valence-corrected chi connectivity index (χ2v) is 7.28. The molecule has 0 spiro atoms. The van der Waals surface area contributed by atoms with Crippen LogP contribution in [-0.4, -0.2) is 11.8 Å². The van der Waals surface area contributed by atoms with E-state index in [4.69, 9.17) is 5.73 Å². The molecule has 1 nitrogen and oxygen atoms in total. The van der Waals surface area contributed by atoms with E-state index in [1.54, 1.807) is 0 Å². The minimum Gasteiger partial charge on any atom is -0.327 e. The first-order valence-electron chi connectivity index (χ1n) is 7.71. The van der Waals surface area contributed by atoms with Gasteiger partial charge in [0.15, 0.2) is 0 Å². The summed E-state index contributed by atoms with van der Waals surface area (Å²) < 4.78 is 0. The molecule has 2 aromatic rings. The van der Waals surface area contributed by atoms with Gasteiger partial charge in [-0.1, -0.05) is 56.3 Å². The van der Waals surface area contributed by atoms with Gasteiger partial charge in [0.05, 0.1) is 0 Å². The lowest BCUT2D eigenvalue weighted by atomic mass is 9.89. The van der Waals surface area contributed by atoms with Gasteiger partial charge in [-0.15, -0.1) is 11.8 Å². The van der Waals surface area contributed by atoms with E-state index >= 15 is 0 Å². The van der Waals surface area contributed by atoms with Crippen molar-refractivity contribution in [2.24, 2.45) is 5.73 Å². The van der Waals surface area contributed by atoms with Crippen LogP contribution < -0.4 is 5.73 Å². The van der Waals surface area contributed by atoms with Crippen molar-refractivity contribution in [3.8, 4) is 0 Å². The summed E-state index contributed by atoms with van der Waals surface area (Å²) in [4.78, 5) is 1.41. The van der Waals surface area contributed by atoms with Crippen molar-refractivity contribution in [1.82, 2.24) is 0 Å². The first kappa shape index (κ1) is 14.7. The molecular weight excluding hydrogens is 274 g/mol. The Hall–Kier alpha value is -1.25. The molecule has 0 fully saturated rings. The summed E-state index contributed by atoms with van der Waals surface area (Å²) in [5, 5.41) is 0. The van der Waals surface area contributed by atoms with Crippen LogP contribution in [0.25, 0.3) is 0 Å². The predicted octanol–water partition coefficient (Wildman–Crippen LogP) is 4.57. The van der Waals surface area contributed by atoms with E-state index in [0.717, 1.165) is 12.2 Å². The van der Waals surface area contributed by atoms with Gasteiger partial charge in [-0.25, -0.2) is 0 Å². The zero-order chi connectivity index (χ0) is 14.8. The van der Waals surface area contributed by atoms with Crippen molar-refractivity contribution in [3.63, 3.8) is 0 Å². The summed E-state index contributed by atoms with van der Waals surface area (Å²) in [5.74, 6) is 2.19. The van der Waals surface area contributed by atoms with Crippen LogP contribution in [0.5, 0.6) is 0 Å². The summed E-state index contributed by atoms with van der Waals surface area (Å²) in [7, 11) is 0. The molecule has 2 atom stereocenters. The summed E-state index contributed by atoms with van der Waals surface area (Å²) in [5.41, 5.74) is 10.7. The molecule has 0 amide bonds. The molecular formula is C19H23NS. The standard InChI is InChI=1S/C19H23NS/c1-13(2)15-9-7-14(8-10-15)11-18(20)17-12-21-19-6-4-3-5-16(17)19/h3-10,13,17-18H,11-12,20H2,1-2H3. The molecule has 0 aromatic heterocycles. The largest absolute Gasteiger partial charge is 0.327 e. The van der Waals surface area contributed by atoms with Crippen LogP contribution in [-0.2, 0) is 6.42 Å². The Morgan fingerprint density at radius 2 is 1.81 bits per heavy atom. The van der Waals surface area contributed by atoms with Crippen molar-refractivity contribution < 1.29 is 0 Å². The molecule has 1 heterocycles. The Kier molecular flexibility index (Phi) is 4.37. The van der Waals surface area contributed by atoms with Crippen LogP contribution >= 0.6 is 11.8 Å². The zero-order valence-electron chi connectivity index (χ0n) is 12.8. The highest BCUT2D eigenvalue weighted by Crippen LogP contribution is 2.41. The second-order valence-electron chi connectivity index (χ2n) is 6.22. The maximum atomic E-state index is 6.51. The summed E-state index contributed by atoms with van der Waals surface area (Å²) in [6.07, 6.45) is 0.956. The van der Waals surface area contributed by atoms with Gasteiger partial charge in [0.25, 0.3) is 0 Å². The van der Waals surface area contributed by atoms with Crippen molar-refractivity contribution in [2.75, 3.05) is 5.75 Å². The second kappa shape index (κ2) is 6.25. The van der Waals surface area contributed by atoms with Crippen LogP contribution in [0, 0.1) is 0 Å². The lowest BCUT2D eigenvalue weighted by Gasteiger charge is -2.20. The zero-order valence-corrected chi connectivity index (χ0v) is 13.6. The van der Waals surface area contributed by atoms with Gasteiger partial charge in [0.2, 0.25) is 0 Å². The maximum Gasteiger partial charge on any atom is 0.0157 e. The lowest BCUT2D eigenvalue weighted by Crippen LogP contribution is -2.30. The number of hydrogen-bond acceptors (Lipinski definition) is 2. The van der Waals surface area contributed by atoms with E-state index in [1.807, 2.05) is 11.8 Å². The molecule has 0 radical (unpaired) electrons. The van der Waals surface area contributed by atoms with Crippen LogP contribution in [0.4, 0.5) is 0 Å². The Morgan fingerprint density at radius 1 is 1.10 bits per heavy atom. The van der Waals surface area contributed by atoms with Crippen molar-refractivity contribution in [3.05, 3.63) is 65.2 Å². The van der Waals surface area contributed by atoms with Gasteiger partial charge in [-0.3, -0.25) is 0 Å². The molecule has 1 aliphatic rings. The lowest BCUT2D eigenvalue weighted by molar-refractivity contribution is 0.572. The predicted molar refractivity (Wildman–Crippen MR) is 92.1 cm³/mol. The Balaban J connectivity index is 1.71. The first-order valence-corrected chi connectivity index (χ1v) is 8.70. The van der Waals surface area contributed by atoms with E-state index < -0.39 is 0 Å². The fourth-order valence-electron chi connectivity index (χ4n) is 2.99. The van der Waals surface area contributed by atoms with Crippen molar-refractivity contribution >= 4 is 11.8 Å². The first-order chi connectivity index (χ1) is 10.1. The molecule has 1 aliphatic heterocycles. The fraction of sp³-hybridized carbons (Fsp3) is 0.368. The number of fused-ring (bicyclic) bond motifs is 1. The van der Waals surface area contributed by atoms with Crippen molar-refractivity contribution in [1.29, 1.82) is 0 Å². The van der Waals surface area contributed by atoms with E-state index in [9.17, 15) is 0 Å². The minimum absolute atomic E-state index is 0.200. The smallest absolute Gasteiger partial charge is 0.0157 e.